The van der Waals surface area contributed by atoms with Gasteiger partial charge >= 0.3 is 0 Å². The largest absolute Gasteiger partial charge is 0.381 e. The number of rotatable bonds is 4. The van der Waals surface area contributed by atoms with Gasteiger partial charge in [-0.2, -0.15) is 0 Å². The third kappa shape index (κ3) is 2.61. The Balaban J connectivity index is 2.34. The summed E-state index contributed by atoms with van der Waals surface area (Å²) in [5.74, 6) is 0.682. The minimum atomic E-state index is 0.558. The van der Waals surface area contributed by atoms with E-state index in [2.05, 4.69) is 11.9 Å². The number of ether oxygens (including phenoxy) is 1. The second-order valence-electron chi connectivity index (χ2n) is 3.40. The second-order valence-corrected chi connectivity index (χ2v) is 3.40. The molecule has 2 unspecified atom stereocenters. The topological polar surface area (TPSA) is 21.3 Å². The van der Waals surface area contributed by atoms with E-state index in [1.807, 2.05) is 13.1 Å². The molecule has 1 heterocycles. The van der Waals surface area contributed by atoms with Crippen LogP contribution >= 0.6 is 0 Å². The Bertz CT molecular complexity index is 130. The van der Waals surface area contributed by atoms with E-state index in [1.54, 1.807) is 0 Å². The molecule has 0 saturated carbocycles. The molecule has 1 fully saturated rings. The molecule has 0 aromatic heterocycles. The summed E-state index contributed by atoms with van der Waals surface area (Å²) in [4.78, 5) is 0. The van der Waals surface area contributed by atoms with E-state index in [9.17, 15) is 0 Å². The van der Waals surface area contributed by atoms with Gasteiger partial charge in [-0.25, -0.2) is 0 Å². The molecular weight excluding hydrogens is 150 g/mol. The van der Waals surface area contributed by atoms with E-state index in [0.29, 0.717) is 12.0 Å². The maximum atomic E-state index is 5.44. The van der Waals surface area contributed by atoms with Crippen LogP contribution in [0.4, 0.5) is 0 Å². The monoisotopic (exact) mass is 169 g/mol. The van der Waals surface area contributed by atoms with Crippen LogP contribution in [-0.2, 0) is 4.74 Å². The van der Waals surface area contributed by atoms with Gasteiger partial charge in [0.2, 0.25) is 0 Å². The molecule has 1 aliphatic heterocycles. The lowest BCUT2D eigenvalue weighted by Gasteiger charge is -2.29. The molecule has 1 saturated heterocycles. The van der Waals surface area contributed by atoms with Crippen LogP contribution in [0.15, 0.2) is 12.7 Å². The summed E-state index contributed by atoms with van der Waals surface area (Å²) in [5, 5.41) is 3.32. The molecule has 2 atom stereocenters. The average molecular weight is 169 g/mol. The Morgan fingerprint density at radius 3 is 3.08 bits per heavy atom. The molecule has 0 spiro atoms. The van der Waals surface area contributed by atoms with Crippen LogP contribution in [0.5, 0.6) is 0 Å². The highest BCUT2D eigenvalue weighted by molar-refractivity contribution is 4.83. The zero-order valence-electron chi connectivity index (χ0n) is 7.88. The van der Waals surface area contributed by atoms with E-state index in [4.69, 9.17) is 4.74 Å². The van der Waals surface area contributed by atoms with E-state index < -0.39 is 0 Å². The van der Waals surface area contributed by atoms with Gasteiger partial charge in [0.1, 0.15) is 0 Å². The van der Waals surface area contributed by atoms with Crippen molar-refractivity contribution in [3.63, 3.8) is 0 Å². The van der Waals surface area contributed by atoms with Gasteiger partial charge in [0.25, 0.3) is 0 Å². The fourth-order valence-corrected chi connectivity index (χ4v) is 1.81. The third-order valence-electron chi connectivity index (χ3n) is 2.56. The molecule has 0 aliphatic carbocycles. The maximum Gasteiger partial charge on any atom is 0.0509 e. The first-order valence-electron chi connectivity index (χ1n) is 4.74. The summed E-state index contributed by atoms with van der Waals surface area (Å²) in [5.41, 5.74) is 0. The van der Waals surface area contributed by atoms with Crippen molar-refractivity contribution in [2.24, 2.45) is 5.92 Å². The lowest BCUT2D eigenvalue weighted by Crippen LogP contribution is -2.37. The van der Waals surface area contributed by atoms with E-state index in [0.717, 1.165) is 19.6 Å². The first-order chi connectivity index (χ1) is 5.88. The molecule has 0 bridgehead atoms. The molecule has 2 heteroatoms. The molecule has 1 rings (SSSR count). The Hall–Kier alpha value is -0.340. The van der Waals surface area contributed by atoms with Crippen molar-refractivity contribution in [1.82, 2.24) is 5.32 Å². The van der Waals surface area contributed by atoms with Crippen LogP contribution in [0.25, 0.3) is 0 Å². The van der Waals surface area contributed by atoms with Crippen molar-refractivity contribution in [2.75, 3.05) is 20.3 Å². The standard InChI is InChI=1S/C10H19NO/c1-3-5-10(11-2)9-6-4-7-12-8-9/h3,9-11H,1,4-8H2,2H3. The molecule has 12 heavy (non-hydrogen) atoms. The quantitative estimate of drug-likeness (QED) is 0.645. The fourth-order valence-electron chi connectivity index (χ4n) is 1.81. The third-order valence-corrected chi connectivity index (χ3v) is 2.56. The van der Waals surface area contributed by atoms with Crippen molar-refractivity contribution in [3.8, 4) is 0 Å². The Morgan fingerprint density at radius 2 is 2.58 bits per heavy atom. The van der Waals surface area contributed by atoms with Gasteiger partial charge in [-0.1, -0.05) is 6.08 Å². The Labute approximate surface area is 75.0 Å². The van der Waals surface area contributed by atoms with Gasteiger partial charge in [0.05, 0.1) is 6.61 Å². The first-order valence-corrected chi connectivity index (χ1v) is 4.74. The molecule has 2 nitrogen and oxygen atoms in total. The second kappa shape index (κ2) is 5.33. The van der Waals surface area contributed by atoms with Crippen molar-refractivity contribution in [2.45, 2.75) is 25.3 Å². The van der Waals surface area contributed by atoms with Crippen molar-refractivity contribution < 1.29 is 4.74 Å². The Morgan fingerprint density at radius 1 is 1.75 bits per heavy atom. The molecule has 0 aromatic rings. The zero-order chi connectivity index (χ0) is 8.81. The molecule has 1 N–H and O–H groups in total. The molecule has 0 aromatic carbocycles. The minimum Gasteiger partial charge on any atom is -0.381 e. The maximum absolute atomic E-state index is 5.44. The minimum absolute atomic E-state index is 0.558. The van der Waals surface area contributed by atoms with Crippen LogP contribution in [0.2, 0.25) is 0 Å². The van der Waals surface area contributed by atoms with Crippen molar-refractivity contribution >= 4 is 0 Å². The summed E-state index contributed by atoms with van der Waals surface area (Å²) in [7, 11) is 2.02. The molecule has 0 radical (unpaired) electrons. The highest BCUT2D eigenvalue weighted by atomic mass is 16.5. The van der Waals surface area contributed by atoms with Crippen LogP contribution in [0.3, 0.4) is 0 Å². The van der Waals surface area contributed by atoms with Crippen molar-refractivity contribution in [3.05, 3.63) is 12.7 Å². The number of nitrogens with one attached hydrogen (secondary N) is 1. The normalized spacial score (nSPS) is 26.6. The van der Waals surface area contributed by atoms with Crippen LogP contribution in [0, 0.1) is 5.92 Å². The molecule has 0 amide bonds. The van der Waals surface area contributed by atoms with Gasteiger partial charge in [0.15, 0.2) is 0 Å². The van der Waals surface area contributed by atoms with Crippen molar-refractivity contribution in [1.29, 1.82) is 0 Å². The lowest BCUT2D eigenvalue weighted by molar-refractivity contribution is 0.0409. The Kier molecular flexibility index (Phi) is 4.33. The number of hydrogen-bond acceptors (Lipinski definition) is 2. The summed E-state index contributed by atoms with van der Waals surface area (Å²) in [6.07, 6.45) is 5.53. The van der Waals surface area contributed by atoms with E-state index in [-0.39, 0.29) is 0 Å². The van der Waals surface area contributed by atoms with Crippen LogP contribution in [0.1, 0.15) is 19.3 Å². The van der Waals surface area contributed by atoms with Gasteiger partial charge in [-0.05, 0) is 32.2 Å². The van der Waals surface area contributed by atoms with Gasteiger partial charge in [-0.15, -0.1) is 6.58 Å². The van der Waals surface area contributed by atoms with Gasteiger partial charge < -0.3 is 10.1 Å². The SMILES string of the molecule is C=CCC(NC)C1CCCOC1. The fraction of sp³-hybridized carbons (Fsp3) is 0.800. The van der Waals surface area contributed by atoms with Gasteiger partial charge in [-0.3, -0.25) is 0 Å². The first kappa shape index (κ1) is 9.75. The molecular formula is C10H19NO. The van der Waals surface area contributed by atoms with E-state index in [1.165, 1.54) is 12.8 Å². The van der Waals surface area contributed by atoms with Crippen LogP contribution in [-0.4, -0.2) is 26.3 Å². The average Bonchev–Trinajstić information content (AvgIpc) is 2.15. The zero-order valence-corrected chi connectivity index (χ0v) is 7.88. The lowest BCUT2D eigenvalue weighted by atomic mass is 9.92. The predicted molar refractivity (Wildman–Crippen MR) is 51.2 cm³/mol. The van der Waals surface area contributed by atoms with Gasteiger partial charge in [0, 0.05) is 12.6 Å². The molecule has 70 valence electrons. The van der Waals surface area contributed by atoms with Crippen LogP contribution < -0.4 is 5.32 Å². The summed E-state index contributed by atoms with van der Waals surface area (Å²) in [6.45, 7) is 5.62. The number of hydrogen-bond donors (Lipinski definition) is 1. The summed E-state index contributed by atoms with van der Waals surface area (Å²) >= 11 is 0. The van der Waals surface area contributed by atoms with E-state index >= 15 is 0 Å². The molecule has 1 aliphatic rings. The highest BCUT2D eigenvalue weighted by Crippen LogP contribution is 2.19. The summed E-state index contributed by atoms with van der Waals surface area (Å²) < 4.78 is 5.44. The highest BCUT2D eigenvalue weighted by Gasteiger charge is 2.21. The summed E-state index contributed by atoms with van der Waals surface area (Å²) in [6, 6.07) is 0.558. The smallest absolute Gasteiger partial charge is 0.0509 e. The predicted octanol–water partition coefficient (Wildman–Crippen LogP) is 1.58.